The monoisotopic (exact) mass is 446 g/mol. The number of rotatable bonds is 7. The topological polar surface area (TPSA) is 71.8 Å². The molecule has 0 radical (unpaired) electrons. The number of nitrogens with zero attached hydrogens (tertiary/aromatic N) is 2. The van der Waals surface area contributed by atoms with Crippen LogP contribution in [-0.4, -0.2) is 55.5 Å². The molecule has 3 rings (SSSR count). The highest BCUT2D eigenvalue weighted by molar-refractivity contribution is 6.74. The van der Waals surface area contributed by atoms with E-state index in [1.807, 2.05) is 30.3 Å². The molecule has 0 N–H and O–H groups in total. The summed E-state index contributed by atoms with van der Waals surface area (Å²) in [4.78, 5) is 16.4. The Morgan fingerprint density at radius 2 is 2.00 bits per heavy atom. The van der Waals surface area contributed by atoms with Crippen molar-refractivity contribution in [2.75, 3.05) is 13.2 Å². The van der Waals surface area contributed by atoms with Crippen molar-refractivity contribution < 1.29 is 23.4 Å². The molecule has 2 aromatic rings. The summed E-state index contributed by atoms with van der Waals surface area (Å²) >= 11 is 0. The molecule has 8 heteroatoms. The Bertz CT molecular complexity index is 820. The summed E-state index contributed by atoms with van der Waals surface area (Å²) < 4.78 is 25.9. The van der Waals surface area contributed by atoms with Crippen molar-refractivity contribution in [1.29, 1.82) is 0 Å². The summed E-state index contributed by atoms with van der Waals surface area (Å²) in [6.45, 7) is 12.4. The zero-order valence-corrected chi connectivity index (χ0v) is 20.1. The van der Waals surface area contributed by atoms with Crippen LogP contribution < -0.4 is 0 Å². The largest absolute Gasteiger partial charge is 0.443 e. The molecule has 0 spiro atoms. The summed E-state index contributed by atoms with van der Waals surface area (Å²) in [7, 11) is -1.96. The van der Waals surface area contributed by atoms with Gasteiger partial charge in [0.15, 0.2) is 8.32 Å². The molecule has 170 valence electrons. The van der Waals surface area contributed by atoms with Crippen LogP contribution >= 0.6 is 0 Å². The van der Waals surface area contributed by atoms with Crippen LogP contribution in [0.5, 0.6) is 0 Å². The van der Waals surface area contributed by atoms with Crippen LogP contribution in [0, 0.1) is 0 Å². The Kier molecular flexibility index (Phi) is 7.69. The normalized spacial score (nSPS) is 22.3. The van der Waals surface area contributed by atoms with Gasteiger partial charge >= 0.3 is 6.09 Å². The fourth-order valence-electron chi connectivity index (χ4n) is 3.15. The molecule has 2 heterocycles. The first-order valence-electron chi connectivity index (χ1n) is 10.8. The number of benzene rings is 1. The van der Waals surface area contributed by atoms with Crippen LogP contribution in [0.15, 0.2) is 49.1 Å². The first kappa shape index (κ1) is 23.7. The quantitative estimate of drug-likeness (QED) is 0.577. The molecule has 1 aromatic carbocycles. The van der Waals surface area contributed by atoms with E-state index in [2.05, 4.69) is 38.8 Å². The van der Waals surface area contributed by atoms with Crippen molar-refractivity contribution in [3.8, 4) is 0 Å². The van der Waals surface area contributed by atoms with Gasteiger partial charge in [0.1, 0.15) is 24.6 Å². The molecule has 1 fully saturated rings. The van der Waals surface area contributed by atoms with Gasteiger partial charge < -0.3 is 18.6 Å². The highest BCUT2D eigenvalue weighted by atomic mass is 28.4. The van der Waals surface area contributed by atoms with Gasteiger partial charge in [-0.1, -0.05) is 51.1 Å². The first-order valence-corrected chi connectivity index (χ1v) is 13.7. The lowest BCUT2D eigenvalue weighted by Crippen LogP contribution is -2.52. The third-order valence-electron chi connectivity index (χ3n) is 6.13. The summed E-state index contributed by atoms with van der Waals surface area (Å²) in [5, 5.41) is 0.0926. The molecule has 7 nitrogen and oxygen atoms in total. The molecule has 0 unspecified atom stereocenters. The predicted octanol–water partition coefficient (Wildman–Crippen LogP) is 4.63. The fourth-order valence-corrected chi connectivity index (χ4v) is 4.16. The SMILES string of the molecule is CC(C)(C)[Si](C)(C)OC[C@H]1OCC[C@@H](OC(=O)n2ccnc2)[C@@H]1OCc1ccccc1. The average Bonchev–Trinajstić information content (AvgIpc) is 3.26. The van der Waals surface area contributed by atoms with Crippen molar-refractivity contribution >= 4 is 14.4 Å². The number of ether oxygens (including phenoxy) is 3. The Labute approximate surface area is 185 Å². The third-order valence-corrected chi connectivity index (χ3v) is 10.6. The fraction of sp³-hybridized carbons (Fsp3) is 0.565. The van der Waals surface area contributed by atoms with Crippen molar-refractivity contribution in [3.05, 3.63) is 54.6 Å². The lowest BCUT2D eigenvalue weighted by molar-refractivity contribution is -0.173. The molecule has 0 aliphatic carbocycles. The zero-order valence-electron chi connectivity index (χ0n) is 19.1. The molecule has 31 heavy (non-hydrogen) atoms. The van der Waals surface area contributed by atoms with E-state index in [4.69, 9.17) is 18.6 Å². The Hall–Kier alpha value is -2.00. The zero-order chi connectivity index (χ0) is 22.5. The van der Waals surface area contributed by atoms with Gasteiger partial charge in [0.2, 0.25) is 0 Å². The van der Waals surface area contributed by atoms with Gasteiger partial charge in [-0.25, -0.2) is 14.3 Å². The maximum atomic E-state index is 12.5. The molecule has 1 saturated heterocycles. The van der Waals surface area contributed by atoms with Gasteiger partial charge in [0.05, 0.1) is 19.8 Å². The van der Waals surface area contributed by atoms with Crippen LogP contribution in [0.3, 0.4) is 0 Å². The number of carbonyl (C=O) groups excluding carboxylic acids is 1. The molecule has 0 bridgehead atoms. The van der Waals surface area contributed by atoms with Gasteiger partial charge in [0, 0.05) is 18.8 Å². The summed E-state index contributed by atoms with van der Waals surface area (Å²) in [6.07, 6.45) is 3.47. The van der Waals surface area contributed by atoms with Gasteiger partial charge in [0.25, 0.3) is 0 Å². The van der Waals surface area contributed by atoms with Crippen LogP contribution in [0.2, 0.25) is 18.1 Å². The Balaban J connectivity index is 1.72. The maximum absolute atomic E-state index is 12.5. The van der Waals surface area contributed by atoms with E-state index in [0.29, 0.717) is 26.2 Å². The van der Waals surface area contributed by atoms with Crippen LogP contribution in [0.25, 0.3) is 0 Å². The minimum atomic E-state index is -1.96. The standard InChI is InChI=1S/C23H34N2O5Si/c1-23(2,3)31(4,5)29-16-20-21(28-15-18-9-7-6-8-10-18)19(11-14-27-20)30-22(26)25-13-12-24-17-25/h6-10,12-13,17,19-21H,11,14-16H2,1-5H3/t19-,20-,21+/m1/s1. The van der Waals surface area contributed by atoms with E-state index in [0.717, 1.165) is 5.56 Å². The molecule has 3 atom stereocenters. The molecule has 1 aliphatic rings. The maximum Gasteiger partial charge on any atom is 0.419 e. The molecule has 0 amide bonds. The van der Waals surface area contributed by atoms with Crippen molar-refractivity contribution in [2.45, 2.75) is 70.2 Å². The molecule has 1 aliphatic heterocycles. The number of hydrogen-bond donors (Lipinski definition) is 0. The second-order valence-corrected chi connectivity index (χ2v) is 14.2. The second kappa shape index (κ2) is 10.1. The van der Waals surface area contributed by atoms with Crippen molar-refractivity contribution in [2.24, 2.45) is 0 Å². The molecular formula is C23H34N2O5Si. The summed E-state index contributed by atoms with van der Waals surface area (Å²) in [6, 6.07) is 9.95. The lowest BCUT2D eigenvalue weighted by atomic mass is 10.0. The van der Waals surface area contributed by atoms with E-state index in [1.165, 1.54) is 10.9 Å². The Morgan fingerprint density at radius 1 is 1.26 bits per heavy atom. The number of imidazole rings is 1. The minimum absolute atomic E-state index is 0.0926. The first-order chi connectivity index (χ1) is 14.7. The van der Waals surface area contributed by atoms with E-state index < -0.39 is 26.6 Å². The summed E-state index contributed by atoms with van der Waals surface area (Å²) in [5.41, 5.74) is 1.05. The van der Waals surface area contributed by atoms with E-state index in [-0.39, 0.29) is 11.1 Å². The Morgan fingerprint density at radius 3 is 2.65 bits per heavy atom. The van der Waals surface area contributed by atoms with Crippen molar-refractivity contribution in [3.63, 3.8) is 0 Å². The predicted molar refractivity (Wildman–Crippen MR) is 120 cm³/mol. The van der Waals surface area contributed by atoms with E-state index in [1.54, 1.807) is 12.4 Å². The van der Waals surface area contributed by atoms with Gasteiger partial charge in [-0.05, 0) is 23.7 Å². The number of carbonyl (C=O) groups is 1. The average molecular weight is 447 g/mol. The lowest BCUT2D eigenvalue weighted by Gasteiger charge is -2.41. The van der Waals surface area contributed by atoms with Gasteiger partial charge in [-0.2, -0.15) is 0 Å². The highest BCUT2D eigenvalue weighted by Crippen LogP contribution is 2.37. The van der Waals surface area contributed by atoms with Crippen LogP contribution in [0.4, 0.5) is 4.79 Å². The minimum Gasteiger partial charge on any atom is -0.443 e. The molecular weight excluding hydrogens is 412 g/mol. The van der Waals surface area contributed by atoms with E-state index in [9.17, 15) is 4.79 Å². The second-order valence-electron chi connectivity index (χ2n) is 9.42. The van der Waals surface area contributed by atoms with Crippen LogP contribution in [-0.2, 0) is 25.2 Å². The third kappa shape index (κ3) is 6.26. The number of hydrogen-bond acceptors (Lipinski definition) is 6. The molecule has 0 saturated carbocycles. The van der Waals surface area contributed by atoms with Gasteiger partial charge in [-0.3, -0.25) is 0 Å². The van der Waals surface area contributed by atoms with Crippen LogP contribution in [0.1, 0.15) is 32.8 Å². The molecule has 1 aromatic heterocycles. The van der Waals surface area contributed by atoms with E-state index >= 15 is 0 Å². The summed E-state index contributed by atoms with van der Waals surface area (Å²) in [5.74, 6) is 0. The number of aromatic nitrogens is 2. The van der Waals surface area contributed by atoms with Gasteiger partial charge in [-0.15, -0.1) is 0 Å². The van der Waals surface area contributed by atoms with Crippen molar-refractivity contribution in [1.82, 2.24) is 9.55 Å². The highest BCUT2D eigenvalue weighted by Gasteiger charge is 2.42. The smallest absolute Gasteiger partial charge is 0.419 e.